The van der Waals surface area contributed by atoms with Crippen molar-refractivity contribution in [3.8, 4) is 0 Å². The first-order valence-electron chi connectivity index (χ1n) is 14.2. The molecule has 9 atom stereocenters. The van der Waals surface area contributed by atoms with E-state index in [4.69, 9.17) is 0 Å². The number of carbonyl (C=O) groups excluding carboxylic acids is 1. The molecule has 35 heavy (non-hydrogen) atoms. The fourth-order valence-electron chi connectivity index (χ4n) is 9.67. The second-order valence-electron chi connectivity index (χ2n) is 14.0. The van der Waals surface area contributed by atoms with Crippen LogP contribution in [0.25, 0.3) is 0 Å². The van der Waals surface area contributed by atoms with E-state index in [-0.39, 0.29) is 16.7 Å². The van der Waals surface area contributed by atoms with Crippen molar-refractivity contribution in [3.63, 3.8) is 0 Å². The third-order valence-corrected chi connectivity index (χ3v) is 12.2. The molecule has 4 aliphatic carbocycles. The lowest BCUT2D eigenvalue weighted by Crippen LogP contribution is -2.65. The van der Waals surface area contributed by atoms with Crippen molar-refractivity contribution in [2.75, 3.05) is 6.54 Å². The van der Waals surface area contributed by atoms with Gasteiger partial charge in [0.25, 0.3) is 0 Å². The lowest BCUT2D eigenvalue weighted by molar-refractivity contribution is -0.116. The van der Waals surface area contributed by atoms with Crippen molar-refractivity contribution in [2.45, 2.75) is 111 Å². The molecular weight excluding hydrogens is 432 g/mol. The number of nitrogens with one attached hydrogen (secondary N) is 1. The number of aliphatic imine (C=N–C) groups is 1. The van der Waals surface area contributed by atoms with E-state index in [0.29, 0.717) is 29.0 Å². The smallest absolute Gasteiger partial charge is 0.155 e. The maximum absolute atomic E-state index is 12.2. The van der Waals surface area contributed by atoms with Crippen LogP contribution in [-0.4, -0.2) is 35.9 Å². The SMILES string of the molecule is C=N[C@@]1([C@@H](C)[C@]2(C)CC[C@@H]3C(=C(C)C2)C[C@H]2[C@@]3(C)CCC3=CC(=O)CC[C@@]32C)NC[C@@H](C)C[C@H]1O. The highest BCUT2D eigenvalue weighted by molar-refractivity contribution is 5.91. The van der Waals surface area contributed by atoms with E-state index >= 15 is 0 Å². The van der Waals surface area contributed by atoms with Crippen molar-refractivity contribution >= 4 is 12.5 Å². The summed E-state index contributed by atoms with van der Waals surface area (Å²) in [5, 5.41) is 14.9. The first kappa shape index (κ1) is 25.4. The Hall–Kier alpha value is -1.26. The Labute approximate surface area is 213 Å². The number of hydrogen-bond acceptors (Lipinski definition) is 4. The predicted octanol–water partition coefficient (Wildman–Crippen LogP) is 6.25. The minimum Gasteiger partial charge on any atom is -0.389 e. The molecule has 5 aliphatic rings. The van der Waals surface area contributed by atoms with Crippen molar-refractivity contribution in [2.24, 2.45) is 44.9 Å². The Morgan fingerprint density at radius 1 is 1.20 bits per heavy atom. The fourth-order valence-corrected chi connectivity index (χ4v) is 9.67. The molecule has 4 heteroatoms. The molecule has 0 aromatic carbocycles. The summed E-state index contributed by atoms with van der Waals surface area (Å²) in [4.78, 5) is 16.8. The van der Waals surface area contributed by atoms with Crippen LogP contribution < -0.4 is 5.32 Å². The summed E-state index contributed by atoms with van der Waals surface area (Å²) < 4.78 is 0. The van der Waals surface area contributed by atoms with Gasteiger partial charge in [-0.1, -0.05) is 51.3 Å². The van der Waals surface area contributed by atoms with E-state index in [2.05, 4.69) is 58.6 Å². The van der Waals surface area contributed by atoms with Crippen LogP contribution in [0, 0.1) is 39.9 Å². The van der Waals surface area contributed by atoms with Crippen molar-refractivity contribution in [1.29, 1.82) is 0 Å². The molecule has 4 nitrogen and oxygen atoms in total. The lowest BCUT2D eigenvalue weighted by Gasteiger charge is -2.54. The molecule has 1 saturated heterocycles. The number of nitrogens with zero attached hydrogens (tertiary/aromatic N) is 1. The van der Waals surface area contributed by atoms with Gasteiger partial charge in [-0.15, -0.1) is 0 Å². The average Bonchev–Trinajstić information content (AvgIpc) is 3.04. The summed E-state index contributed by atoms with van der Waals surface area (Å²) >= 11 is 0. The number of piperidine rings is 1. The third kappa shape index (κ3) is 3.60. The van der Waals surface area contributed by atoms with Gasteiger partial charge in [0.15, 0.2) is 5.78 Å². The van der Waals surface area contributed by atoms with E-state index in [1.54, 1.807) is 11.1 Å². The van der Waals surface area contributed by atoms with Gasteiger partial charge in [-0.05, 0) is 105 Å². The largest absolute Gasteiger partial charge is 0.389 e. The first-order valence-corrected chi connectivity index (χ1v) is 14.2. The average molecular weight is 481 g/mol. The summed E-state index contributed by atoms with van der Waals surface area (Å²) in [6.07, 6.45) is 11.0. The van der Waals surface area contributed by atoms with Crippen LogP contribution in [0.4, 0.5) is 0 Å². The van der Waals surface area contributed by atoms with Crippen LogP contribution in [0.1, 0.15) is 99.3 Å². The molecule has 5 rings (SSSR count). The molecule has 2 saturated carbocycles. The maximum atomic E-state index is 12.2. The van der Waals surface area contributed by atoms with Crippen molar-refractivity contribution in [3.05, 3.63) is 22.8 Å². The quantitative estimate of drug-likeness (QED) is 0.371. The Bertz CT molecular complexity index is 982. The number of allylic oxidation sites excluding steroid dienone is 4. The predicted molar refractivity (Wildman–Crippen MR) is 143 cm³/mol. The number of rotatable bonds is 3. The van der Waals surface area contributed by atoms with Gasteiger partial charge in [0.05, 0.1) is 6.10 Å². The standard InChI is InChI=1S/C31H48N2O2/c1-19-14-27(35)31(32-7,33-18-19)21(3)28(4)11-10-25-24(20(2)17-28)16-26-29(5)13-9-23(34)15-22(29)8-12-30(25,26)6/h15,19,21,25-27,33,35H,7-14,16-18H2,1-6H3/t19-,21-,25+,26+,27+,28+,29-,30-,31-/m0/s1. The Morgan fingerprint density at radius 2 is 1.94 bits per heavy atom. The molecule has 0 amide bonds. The Morgan fingerprint density at radius 3 is 2.63 bits per heavy atom. The highest BCUT2D eigenvalue weighted by Crippen LogP contribution is 2.69. The molecule has 3 fully saturated rings. The zero-order valence-corrected chi connectivity index (χ0v) is 23.0. The van der Waals surface area contributed by atoms with E-state index in [1.165, 1.54) is 24.8 Å². The molecule has 0 aromatic rings. The molecule has 0 aromatic heterocycles. The van der Waals surface area contributed by atoms with E-state index < -0.39 is 11.8 Å². The van der Waals surface area contributed by atoms with Gasteiger partial charge in [-0.3, -0.25) is 15.1 Å². The van der Waals surface area contributed by atoms with Crippen molar-refractivity contribution < 1.29 is 9.90 Å². The van der Waals surface area contributed by atoms with Gasteiger partial charge in [-0.2, -0.15) is 0 Å². The molecular formula is C31H48N2O2. The van der Waals surface area contributed by atoms with Crippen LogP contribution in [0.3, 0.4) is 0 Å². The van der Waals surface area contributed by atoms with Crippen LogP contribution in [0.15, 0.2) is 27.8 Å². The fraction of sp³-hybridized carbons (Fsp3) is 0.806. The number of ketones is 1. The number of aliphatic hydroxyl groups excluding tert-OH is 1. The van der Waals surface area contributed by atoms with Crippen LogP contribution in [0.5, 0.6) is 0 Å². The Balaban J connectivity index is 1.47. The van der Waals surface area contributed by atoms with Gasteiger partial charge >= 0.3 is 0 Å². The third-order valence-electron chi connectivity index (χ3n) is 12.2. The molecule has 194 valence electrons. The normalized spacial score (nSPS) is 48.9. The Kier molecular flexibility index (Phi) is 6.08. The molecule has 0 bridgehead atoms. The second kappa shape index (κ2) is 8.38. The molecule has 1 aliphatic heterocycles. The van der Waals surface area contributed by atoms with Gasteiger partial charge in [0, 0.05) is 18.9 Å². The summed E-state index contributed by atoms with van der Waals surface area (Å²) in [7, 11) is 0. The van der Waals surface area contributed by atoms with Gasteiger partial charge in [-0.25, -0.2) is 0 Å². The number of aliphatic hydroxyl groups is 1. The molecule has 1 heterocycles. The minimum atomic E-state index is -0.662. The van der Waals surface area contributed by atoms with E-state index in [9.17, 15) is 9.90 Å². The number of fused-ring (bicyclic) bond motifs is 5. The van der Waals surface area contributed by atoms with Crippen LogP contribution in [-0.2, 0) is 4.79 Å². The van der Waals surface area contributed by atoms with E-state index in [0.717, 1.165) is 45.1 Å². The van der Waals surface area contributed by atoms with Crippen molar-refractivity contribution in [1.82, 2.24) is 5.32 Å². The molecule has 0 radical (unpaired) electrons. The topological polar surface area (TPSA) is 61.7 Å². The summed E-state index contributed by atoms with van der Waals surface area (Å²) in [5.74, 6) is 2.26. The zero-order chi connectivity index (χ0) is 25.4. The molecule has 0 unspecified atom stereocenters. The molecule has 0 spiro atoms. The summed E-state index contributed by atoms with van der Waals surface area (Å²) in [5.41, 5.74) is 4.63. The number of carbonyl (C=O) groups is 1. The van der Waals surface area contributed by atoms with Gasteiger partial charge < -0.3 is 5.11 Å². The zero-order valence-electron chi connectivity index (χ0n) is 23.0. The monoisotopic (exact) mass is 480 g/mol. The maximum Gasteiger partial charge on any atom is 0.155 e. The second-order valence-corrected chi connectivity index (χ2v) is 14.0. The number of hydrogen-bond donors (Lipinski definition) is 2. The van der Waals surface area contributed by atoms with Gasteiger partial charge in [0.1, 0.15) is 5.66 Å². The van der Waals surface area contributed by atoms with Crippen LogP contribution in [0.2, 0.25) is 0 Å². The van der Waals surface area contributed by atoms with E-state index in [1.807, 2.05) is 6.08 Å². The highest BCUT2D eigenvalue weighted by atomic mass is 16.3. The van der Waals surface area contributed by atoms with Gasteiger partial charge in [0.2, 0.25) is 0 Å². The molecule has 2 N–H and O–H groups in total. The summed E-state index contributed by atoms with van der Waals surface area (Å²) in [6, 6.07) is 0. The highest BCUT2D eigenvalue weighted by Gasteiger charge is 2.61. The first-order chi connectivity index (χ1) is 16.4. The van der Waals surface area contributed by atoms with Crippen LogP contribution >= 0.6 is 0 Å². The summed E-state index contributed by atoms with van der Waals surface area (Å²) in [6.45, 7) is 19.3. The minimum absolute atomic E-state index is 0.0594. The lowest BCUT2D eigenvalue weighted by atomic mass is 9.50.